The van der Waals surface area contributed by atoms with Crippen molar-refractivity contribution in [1.82, 2.24) is 15.3 Å². The van der Waals surface area contributed by atoms with Crippen LogP contribution in [0.3, 0.4) is 0 Å². The van der Waals surface area contributed by atoms with Gasteiger partial charge in [0, 0.05) is 18.2 Å². The van der Waals surface area contributed by atoms with Gasteiger partial charge in [0.15, 0.2) is 5.01 Å². The molecule has 0 aliphatic carbocycles. The molecule has 1 saturated heterocycles. The van der Waals surface area contributed by atoms with Crippen molar-refractivity contribution in [3.63, 3.8) is 0 Å². The average Bonchev–Trinajstić information content (AvgIpc) is 3.12. The lowest BCUT2D eigenvalue weighted by Crippen LogP contribution is -2.50. The minimum atomic E-state index is -0.191. The average molecular weight is 361 g/mol. The molecule has 134 valence electrons. The molecule has 0 bridgehead atoms. The zero-order valence-corrected chi connectivity index (χ0v) is 15.3. The minimum Gasteiger partial charge on any atom is -0.379 e. The van der Waals surface area contributed by atoms with Gasteiger partial charge >= 0.3 is 0 Å². The number of thiazole rings is 1. The Hall–Kier alpha value is -1.83. The molecule has 6 nitrogen and oxygen atoms in total. The van der Waals surface area contributed by atoms with Gasteiger partial charge in [-0.25, -0.2) is 4.98 Å². The Kier molecular flexibility index (Phi) is 6.12. The molecular weight excluding hydrogens is 338 g/mol. The van der Waals surface area contributed by atoms with Crippen LogP contribution in [0.2, 0.25) is 0 Å². The summed E-state index contributed by atoms with van der Waals surface area (Å²) in [5.41, 5.74) is 1.81. The third-order valence-corrected chi connectivity index (χ3v) is 4.96. The van der Waals surface area contributed by atoms with Gasteiger partial charge in [-0.05, 0) is 24.5 Å². The van der Waals surface area contributed by atoms with E-state index in [1.165, 1.54) is 11.3 Å². The van der Waals surface area contributed by atoms with Gasteiger partial charge in [-0.2, -0.15) is 0 Å². The molecule has 2 aromatic heterocycles. The summed E-state index contributed by atoms with van der Waals surface area (Å²) in [6, 6.07) is 5.63. The van der Waals surface area contributed by atoms with E-state index in [0.29, 0.717) is 30.7 Å². The zero-order chi connectivity index (χ0) is 17.6. The van der Waals surface area contributed by atoms with E-state index in [4.69, 9.17) is 9.47 Å². The van der Waals surface area contributed by atoms with Gasteiger partial charge in [0.1, 0.15) is 6.10 Å². The highest BCUT2D eigenvalue weighted by molar-refractivity contribution is 7.11. The third kappa shape index (κ3) is 4.84. The second-order valence-electron chi connectivity index (χ2n) is 6.35. The van der Waals surface area contributed by atoms with Crippen molar-refractivity contribution in [3.05, 3.63) is 46.2 Å². The molecule has 7 heteroatoms. The van der Waals surface area contributed by atoms with Crippen molar-refractivity contribution >= 4 is 17.2 Å². The molecule has 3 heterocycles. The summed E-state index contributed by atoms with van der Waals surface area (Å²) in [5.74, 6) is 0.172. The van der Waals surface area contributed by atoms with E-state index >= 15 is 0 Å². The summed E-state index contributed by atoms with van der Waals surface area (Å²) >= 11 is 1.38. The maximum Gasteiger partial charge on any atom is 0.280 e. The number of ether oxygens (including phenoxy) is 2. The van der Waals surface area contributed by atoms with E-state index in [2.05, 4.69) is 29.1 Å². The fourth-order valence-electron chi connectivity index (χ4n) is 2.60. The van der Waals surface area contributed by atoms with Crippen LogP contribution in [0, 0.1) is 0 Å². The number of rotatable bonds is 6. The number of nitrogens with zero attached hydrogens (tertiary/aromatic N) is 2. The highest BCUT2D eigenvalue weighted by atomic mass is 32.1. The van der Waals surface area contributed by atoms with Gasteiger partial charge < -0.3 is 14.8 Å². The molecule has 3 rings (SSSR count). The van der Waals surface area contributed by atoms with Gasteiger partial charge in [0.2, 0.25) is 0 Å². The largest absolute Gasteiger partial charge is 0.379 e. The second kappa shape index (κ2) is 8.51. The quantitative estimate of drug-likeness (QED) is 0.856. The number of nitrogens with one attached hydrogen (secondary N) is 1. The maximum absolute atomic E-state index is 12.5. The van der Waals surface area contributed by atoms with E-state index < -0.39 is 0 Å². The van der Waals surface area contributed by atoms with E-state index in [-0.39, 0.29) is 18.1 Å². The predicted molar refractivity (Wildman–Crippen MR) is 95.7 cm³/mol. The van der Waals surface area contributed by atoms with Crippen molar-refractivity contribution in [3.8, 4) is 0 Å². The number of hydrogen-bond acceptors (Lipinski definition) is 6. The normalized spacial score (nSPS) is 20.6. The highest BCUT2D eigenvalue weighted by Gasteiger charge is 2.29. The Morgan fingerprint density at radius 2 is 2.36 bits per heavy atom. The molecule has 0 saturated carbocycles. The molecular formula is C18H23N3O3S. The second-order valence-corrected chi connectivity index (χ2v) is 7.20. The van der Waals surface area contributed by atoms with Crippen LogP contribution >= 0.6 is 11.3 Å². The summed E-state index contributed by atoms with van der Waals surface area (Å²) in [5, 5.41) is 5.50. The Labute approximate surface area is 151 Å². The summed E-state index contributed by atoms with van der Waals surface area (Å²) in [6.45, 7) is 5.61. The monoisotopic (exact) mass is 361 g/mol. The Morgan fingerprint density at radius 1 is 1.48 bits per heavy atom. The van der Waals surface area contributed by atoms with Crippen molar-refractivity contribution < 1.29 is 14.3 Å². The molecule has 1 aliphatic heterocycles. The fraction of sp³-hybridized carbons (Fsp3) is 0.500. The number of amides is 1. The van der Waals surface area contributed by atoms with Crippen molar-refractivity contribution in [2.45, 2.75) is 44.9 Å². The molecule has 1 aliphatic rings. The predicted octanol–water partition coefficient (Wildman–Crippen LogP) is 2.77. The smallest absolute Gasteiger partial charge is 0.280 e. The van der Waals surface area contributed by atoms with Crippen LogP contribution in [0.1, 0.15) is 47.4 Å². The van der Waals surface area contributed by atoms with Crippen molar-refractivity contribution in [2.24, 2.45) is 0 Å². The van der Waals surface area contributed by atoms with Crippen LogP contribution in [0.4, 0.5) is 0 Å². The molecule has 0 spiro atoms. The number of hydrogen-bond donors (Lipinski definition) is 1. The van der Waals surface area contributed by atoms with E-state index in [0.717, 1.165) is 17.8 Å². The first kappa shape index (κ1) is 18.0. The highest BCUT2D eigenvalue weighted by Crippen LogP contribution is 2.19. The zero-order valence-electron chi connectivity index (χ0n) is 14.5. The van der Waals surface area contributed by atoms with Gasteiger partial charge in [-0.15, -0.1) is 11.3 Å². The third-order valence-electron chi connectivity index (χ3n) is 4.10. The molecule has 1 amide bonds. The Balaban J connectivity index is 1.59. The van der Waals surface area contributed by atoms with Crippen molar-refractivity contribution in [2.75, 3.05) is 13.2 Å². The van der Waals surface area contributed by atoms with E-state index in [9.17, 15) is 4.79 Å². The molecule has 2 atom stereocenters. The molecule has 0 unspecified atom stereocenters. The van der Waals surface area contributed by atoms with Crippen molar-refractivity contribution in [1.29, 1.82) is 0 Å². The van der Waals surface area contributed by atoms with Crippen LogP contribution in [0.15, 0.2) is 29.8 Å². The topological polar surface area (TPSA) is 73.3 Å². The Morgan fingerprint density at radius 3 is 3.08 bits per heavy atom. The maximum atomic E-state index is 12.5. The van der Waals surface area contributed by atoms with Crippen LogP contribution in [0.5, 0.6) is 0 Å². The number of aromatic nitrogens is 2. The van der Waals surface area contributed by atoms with E-state index in [1.807, 2.05) is 23.6 Å². The lowest BCUT2D eigenvalue weighted by Gasteiger charge is -2.31. The van der Waals surface area contributed by atoms with Crippen LogP contribution in [-0.4, -0.2) is 41.2 Å². The number of carbonyl (C=O) groups excluding carboxylic acids is 1. The molecule has 2 aromatic rings. The van der Waals surface area contributed by atoms with Gasteiger partial charge in [0.05, 0.1) is 30.6 Å². The molecule has 25 heavy (non-hydrogen) atoms. The fourth-order valence-corrected chi connectivity index (χ4v) is 3.48. The molecule has 0 radical (unpaired) electrons. The van der Waals surface area contributed by atoms with Crippen LogP contribution in [0.25, 0.3) is 0 Å². The minimum absolute atomic E-state index is 0.0867. The first-order chi connectivity index (χ1) is 12.1. The van der Waals surface area contributed by atoms with Gasteiger partial charge in [-0.3, -0.25) is 9.78 Å². The first-order valence-corrected chi connectivity index (χ1v) is 9.37. The van der Waals surface area contributed by atoms with Gasteiger partial charge in [0.25, 0.3) is 5.91 Å². The molecule has 0 aromatic carbocycles. The van der Waals surface area contributed by atoms with Gasteiger partial charge in [-0.1, -0.05) is 19.9 Å². The lowest BCUT2D eigenvalue weighted by atomic mass is 10.1. The SMILES string of the molecule is CC(C)c1csc(C(=O)N[C@@H]2CCOC[C@H]2OCc2ccccn2)n1. The van der Waals surface area contributed by atoms with Crippen LogP contribution < -0.4 is 5.32 Å². The molecule has 1 N–H and O–H groups in total. The number of carbonyl (C=O) groups is 1. The van der Waals surface area contributed by atoms with Crippen LogP contribution in [-0.2, 0) is 16.1 Å². The standard InChI is InChI=1S/C18H23N3O3S/c1-12(2)15-11-25-18(21-15)17(22)20-14-6-8-23-10-16(14)24-9-13-5-3-4-7-19-13/h3-5,7,11-12,14,16H,6,8-10H2,1-2H3,(H,20,22)/t14-,16-/m1/s1. The summed E-state index contributed by atoms with van der Waals surface area (Å²) < 4.78 is 11.5. The van der Waals surface area contributed by atoms with E-state index in [1.54, 1.807) is 6.20 Å². The summed E-state index contributed by atoms with van der Waals surface area (Å²) in [7, 11) is 0. The lowest BCUT2D eigenvalue weighted by molar-refractivity contribution is -0.0743. The number of pyridine rings is 1. The first-order valence-electron chi connectivity index (χ1n) is 8.49. The molecule has 1 fully saturated rings. The Bertz CT molecular complexity index is 690. The summed E-state index contributed by atoms with van der Waals surface area (Å²) in [6.07, 6.45) is 2.27. The summed E-state index contributed by atoms with van der Waals surface area (Å²) in [4.78, 5) is 21.2.